The highest BCUT2D eigenvalue weighted by atomic mass is 32.2. The fourth-order valence-electron chi connectivity index (χ4n) is 2.52. The third-order valence-corrected chi connectivity index (χ3v) is 4.91. The Morgan fingerprint density at radius 1 is 1.37 bits per heavy atom. The summed E-state index contributed by atoms with van der Waals surface area (Å²) in [5.74, 6) is 1.11. The van der Waals surface area contributed by atoms with Gasteiger partial charge in [-0.2, -0.15) is 0 Å². The SMILES string of the molecule is CNC(C)CCCCSc1nnnn1C1CCCC1. The van der Waals surface area contributed by atoms with Crippen LogP contribution in [0.5, 0.6) is 0 Å². The number of tetrazole rings is 1. The van der Waals surface area contributed by atoms with Crippen LogP contribution in [-0.4, -0.2) is 39.0 Å². The highest BCUT2D eigenvalue weighted by molar-refractivity contribution is 7.99. The lowest BCUT2D eigenvalue weighted by atomic mass is 10.1. The Morgan fingerprint density at radius 3 is 2.89 bits per heavy atom. The van der Waals surface area contributed by atoms with E-state index in [9.17, 15) is 0 Å². The molecule has 108 valence electrons. The van der Waals surface area contributed by atoms with E-state index in [0.717, 1.165) is 10.9 Å². The minimum absolute atomic E-state index is 0.543. The second-order valence-electron chi connectivity index (χ2n) is 5.38. The summed E-state index contributed by atoms with van der Waals surface area (Å²) in [6.07, 6.45) is 8.84. The summed E-state index contributed by atoms with van der Waals surface area (Å²) in [5.41, 5.74) is 0. The maximum atomic E-state index is 4.16. The molecule has 1 N–H and O–H groups in total. The van der Waals surface area contributed by atoms with Crippen molar-refractivity contribution in [3.8, 4) is 0 Å². The average molecular weight is 283 g/mol. The molecule has 1 saturated carbocycles. The molecule has 1 atom stereocenters. The monoisotopic (exact) mass is 283 g/mol. The van der Waals surface area contributed by atoms with Gasteiger partial charge in [-0.05, 0) is 50.1 Å². The summed E-state index contributed by atoms with van der Waals surface area (Å²) in [7, 11) is 2.02. The van der Waals surface area contributed by atoms with Gasteiger partial charge >= 0.3 is 0 Å². The van der Waals surface area contributed by atoms with Gasteiger partial charge in [-0.25, -0.2) is 4.68 Å². The van der Waals surface area contributed by atoms with E-state index in [1.54, 1.807) is 11.8 Å². The number of unbranched alkanes of at least 4 members (excludes halogenated alkanes) is 1. The zero-order valence-electron chi connectivity index (χ0n) is 12.0. The fraction of sp³-hybridized carbons (Fsp3) is 0.923. The minimum Gasteiger partial charge on any atom is -0.317 e. The van der Waals surface area contributed by atoms with E-state index in [4.69, 9.17) is 0 Å². The second-order valence-corrected chi connectivity index (χ2v) is 6.44. The average Bonchev–Trinajstić information content (AvgIpc) is 3.08. The highest BCUT2D eigenvalue weighted by Crippen LogP contribution is 2.31. The largest absolute Gasteiger partial charge is 0.317 e. The van der Waals surface area contributed by atoms with Gasteiger partial charge < -0.3 is 5.32 Å². The lowest BCUT2D eigenvalue weighted by molar-refractivity contribution is 0.423. The molecule has 0 radical (unpaired) electrons. The van der Waals surface area contributed by atoms with Gasteiger partial charge in [0.15, 0.2) is 0 Å². The molecule has 0 saturated heterocycles. The Morgan fingerprint density at radius 2 is 2.16 bits per heavy atom. The summed E-state index contributed by atoms with van der Waals surface area (Å²) in [4.78, 5) is 0. The molecule has 1 aromatic heterocycles. The number of hydrogen-bond acceptors (Lipinski definition) is 5. The molecule has 0 amide bonds. The van der Waals surface area contributed by atoms with Crippen molar-refractivity contribution in [3.63, 3.8) is 0 Å². The number of nitrogens with zero attached hydrogens (tertiary/aromatic N) is 4. The highest BCUT2D eigenvalue weighted by Gasteiger charge is 2.21. The molecule has 1 unspecified atom stereocenters. The van der Waals surface area contributed by atoms with Crippen LogP contribution in [0.1, 0.15) is 57.9 Å². The van der Waals surface area contributed by atoms with Crippen LogP contribution < -0.4 is 5.32 Å². The van der Waals surface area contributed by atoms with Crippen LogP contribution >= 0.6 is 11.8 Å². The van der Waals surface area contributed by atoms with Gasteiger partial charge in [0.25, 0.3) is 0 Å². The van der Waals surface area contributed by atoms with Crippen LogP contribution in [-0.2, 0) is 0 Å². The van der Waals surface area contributed by atoms with Crippen LogP contribution in [0.25, 0.3) is 0 Å². The molecule has 0 spiro atoms. The number of nitrogens with one attached hydrogen (secondary N) is 1. The molecule has 2 rings (SSSR count). The Balaban J connectivity index is 1.70. The molecule has 5 nitrogen and oxygen atoms in total. The van der Waals surface area contributed by atoms with Crippen molar-refractivity contribution in [1.82, 2.24) is 25.5 Å². The fourth-order valence-corrected chi connectivity index (χ4v) is 3.46. The van der Waals surface area contributed by atoms with Gasteiger partial charge in [0.1, 0.15) is 0 Å². The van der Waals surface area contributed by atoms with E-state index >= 15 is 0 Å². The smallest absolute Gasteiger partial charge is 0.209 e. The molecule has 0 bridgehead atoms. The van der Waals surface area contributed by atoms with Crippen molar-refractivity contribution >= 4 is 11.8 Å². The standard InChI is InChI=1S/C13H25N5S/c1-11(14-2)7-5-6-10-19-13-15-16-17-18(13)12-8-3-4-9-12/h11-12,14H,3-10H2,1-2H3. The van der Waals surface area contributed by atoms with Gasteiger partial charge in [0.05, 0.1) is 6.04 Å². The summed E-state index contributed by atoms with van der Waals surface area (Å²) in [5, 5.41) is 16.4. The lowest BCUT2D eigenvalue weighted by Crippen LogP contribution is -2.20. The summed E-state index contributed by atoms with van der Waals surface area (Å²) >= 11 is 1.81. The van der Waals surface area contributed by atoms with E-state index in [0.29, 0.717) is 12.1 Å². The first-order valence-electron chi connectivity index (χ1n) is 7.39. The minimum atomic E-state index is 0.543. The summed E-state index contributed by atoms with van der Waals surface area (Å²) < 4.78 is 2.05. The number of rotatable bonds is 8. The topological polar surface area (TPSA) is 55.6 Å². The zero-order valence-corrected chi connectivity index (χ0v) is 12.8. The molecule has 1 aliphatic carbocycles. The summed E-state index contributed by atoms with van der Waals surface area (Å²) in [6, 6.07) is 1.16. The normalized spacial score (nSPS) is 18.0. The third-order valence-electron chi connectivity index (χ3n) is 3.89. The molecule has 1 fully saturated rings. The van der Waals surface area contributed by atoms with Crippen LogP contribution in [0.3, 0.4) is 0 Å². The van der Waals surface area contributed by atoms with Gasteiger partial charge in [0, 0.05) is 11.8 Å². The van der Waals surface area contributed by atoms with E-state index in [-0.39, 0.29) is 0 Å². The van der Waals surface area contributed by atoms with E-state index in [2.05, 4.69) is 27.8 Å². The number of hydrogen-bond donors (Lipinski definition) is 1. The van der Waals surface area contributed by atoms with Crippen molar-refractivity contribution in [2.75, 3.05) is 12.8 Å². The van der Waals surface area contributed by atoms with Crippen molar-refractivity contribution in [2.24, 2.45) is 0 Å². The Bertz CT molecular complexity index is 362. The van der Waals surface area contributed by atoms with Gasteiger partial charge in [-0.3, -0.25) is 0 Å². The van der Waals surface area contributed by atoms with E-state index < -0.39 is 0 Å². The van der Waals surface area contributed by atoms with Crippen molar-refractivity contribution < 1.29 is 0 Å². The predicted octanol–water partition coefficient (Wildman–Crippen LogP) is 2.66. The van der Waals surface area contributed by atoms with Gasteiger partial charge in [-0.1, -0.05) is 31.0 Å². The second kappa shape index (κ2) is 7.85. The molecule has 1 aliphatic rings. The molecule has 0 aliphatic heterocycles. The van der Waals surface area contributed by atoms with Gasteiger partial charge in [-0.15, -0.1) is 5.10 Å². The van der Waals surface area contributed by atoms with E-state index in [1.807, 2.05) is 11.7 Å². The van der Waals surface area contributed by atoms with Crippen molar-refractivity contribution in [3.05, 3.63) is 0 Å². The Labute approximate surface area is 119 Å². The molecule has 6 heteroatoms. The molecule has 1 heterocycles. The number of aromatic nitrogens is 4. The zero-order chi connectivity index (χ0) is 13.5. The first-order chi connectivity index (χ1) is 9.31. The summed E-state index contributed by atoms with van der Waals surface area (Å²) in [6.45, 7) is 2.23. The van der Waals surface area contributed by atoms with Crippen LogP contribution in [0.2, 0.25) is 0 Å². The molecule has 1 aromatic rings. The first kappa shape index (κ1) is 14.8. The van der Waals surface area contributed by atoms with E-state index in [1.165, 1.54) is 44.9 Å². The quantitative estimate of drug-likeness (QED) is 0.587. The van der Waals surface area contributed by atoms with Crippen LogP contribution in [0.15, 0.2) is 5.16 Å². The predicted molar refractivity (Wildman–Crippen MR) is 78.4 cm³/mol. The first-order valence-corrected chi connectivity index (χ1v) is 8.37. The van der Waals surface area contributed by atoms with Crippen molar-refractivity contribution in [2.45, 2.75) is 69.1 Å². The number of thioether (sulfide) groups is 1. The molecular weight excluding hydrogens is 258 g/mol. The van der Waals surface area contributed by atoms with Crippen molar-refractivity contribution in [1.29, 1.82) is 0 Å². The van der Waals surface area contributed by atoms with Crippen LogP contribution in [0, 0.1) is 0 Å². The van der Waals surface area contributed by atoms with Crippen LogP contribution in [0.4, 0.5) is 0 Å². The molecular formula is C13H25N5S. The van der Waals surface area contributed by atoms with Gasteiger partial charge in [0.2, 0.25) is 5.16 Å². The maximum absolute atomic E-state index is 4.16. The lowest BCUT2D eigenvalue weighted by Gasteiger charge is -2.11. The Kier molecular flexibility index (Phi) is 6.10. The maximum Gasteiger partial charge on any atom is 0.209 e. The molecule has 0 aromatic carbocycles. The third kappa shape index (κ3) is 4.45. The Hall–Kier alpha value is -0.620. The molecule has 19 heavy (non-hydrogen) atoms.